The maximum absolute atomic E-state index is 12.6. The third-order valence-corrected chi connectivity index (χ3v) is 5.98. The van der Waals surface area contributed by atoms with E-state index < -0.39 is 10.0 Å². The molecule has 0 heterocycles. The molecule has 140 valence electrons. The number of halogens is 2. The third-order valence-electron chi connectivity index (χ3n) is 3.88. The monoisotopic (exact) mass is 414 g/mol. The molecule has 0 radical (unpaired) electrons. The predicted octanol–water partition coefficient (Wildman–Crippen LogP) is 4.71. The molecule has 0 aliphatic rings. The summed E-state index contributed by atoms with van der Waals surface area (Å²) in [4.78, 5) is 12.2. The van der Waals surface area contributed by atoms with Gasteiger partial charge in [0.05, 0.1) is 5.02 Å². The Kier molecular flexibility index (Phi) is 6.92. The zero-order valence-corrected chi connectivity index (χ0v) is 16.8. The van der Waals surface area contributed by atoms with Crippen LogP contribution >= 0.6 is 23.2 Å². The molecule has 0 unspecified atom stereocenters. The summed E-state index contributed by atoms with van der Waals surface area (Å²) in [6.45, 7) is 3.99. The highest BCUT2D eigenvalue weighted by molar-refractivity contribution is 7.92. The fraction of sp³-hybridized carbons (Fsp3) is 0.278. The van der Waals surface area contributed by atoms with Gasteiger partial charge in [-0.05, 0) is 49.2 Å². The summed E-state index contributed by atoms with van der Waals surface area (Å²) in [6, 6.07) is 10.5. The molecule has 0 aliphatic heterocycles. The van der Waals surface area contributed by atoms with E-state index in [1.165, 1.54) is 24.3 Å². The minimum Gasteiger partial charge on any atom is -0.349 e. The standard InChI is InChI=1S/C18H20Cl2N2O3S/c1-3-14(4-2)21-18(23)12-6-5-7-15(10-12)22-26(24,25)17-11-13(19)8-9-16(17)20/h5-11,14,22H,3-4H2,1-2H3,(H,21,23). The molecule has 2 rings (SSSR count). The highest BCUT2D eigenvalue weighted by Gasteiger charge is 2.19. The number of hydrogen-bond acceptors (Lipinski definition) is 3. The van der Waals surface area contributed by atoms with Gasteiger partial charge in [0.2, 0.25) is 0 Å². The quantitative estimate of drug-likeness (QED) is 0.688. The van der Waals surface area contributed by atoms with Crippen molar-refractivity contribution in [2.75, 3.05) is 4.72 Å². The fourth-order valence-electron chi connectivity index (χ4n) is 2.38. The van der Waals surface area contributed by atoms with Crippen LogP contribution in [0.1, 0.15) is 37.0 Å². The van der Waals surface area contributed by atoms with Crippen LogP contribution in [-0.2, 0) is 10.0 Å². The van der Waals surface area contributed by atoms with E-state index in [-0.39, 0.29) is 32.6 Å². The van der Waals surface area contributed by atoms with Gasteiger partial charge in [0.15, 0.2) is 0 Å². The number of benzene rings is 2. The summed E-state index contributed by atoms with van der Waals surface area (Å²) in [5, 5.41) is 3.23. The van der Waals surface area contributed by atoms with Crippen molar-refractivity contribution >= 4 is 44.8 Å². The van der Waals surface area contributed by atoms with Gasteiger partial charge < -0.3 is 5.32 Å². The number of amides is 1. The maximum atomic E-state index is 12.6. The van der Waals surface area contributed by atoms with Crippen molar-refractivity contribution in [3.8, 4) is 0 Å². The summed E-state index contributed by atoms with van der Waals surface area (Å²) < 4.78 is 27.6. The predicted molar refractivity (Wildman–Crippen MR) is 106 cm³/mol. The maximum Gasteiger partial charge on any atom is 0.263 e. The van der Waals surface area contributed by atoms with Crippen LogP contribution in [0.3, 0.4) is 0 Å². The van der Waals surface area contributed by atoms with Crippen LogP contribution in [0.4, 0.5) is 5.69 Å². The second-order valence-corrected chi connectivity index (χ2v) is 8.24. The van der Waals surface area contributed by atoms with Crippen LogP contribution < -0.4 is 10.0 Å². The molecule has 0 atom stereocenters. The molecule has 0 saturated carbocycles. The second-order valence-electron chi connectivity index (χ2n) is 5.75. The van der Waals surface area contributed by atoms with Crippen molar-refractivity contribution in [2.24, 2.45) is 0 Å². The number of anilines is 1. The highest BCUT2D eigenvalue weighted by Crippen LogP contribution is 2.27. The Bertz CT molecular complexity index is 897. The Morgan fingerprint density at radius 2 is 1.77 bits per heavy atom. The van der Waals surface area contributed by atoms with E-state index >= 15 is 0 Å². The number of hydrogen-bond donors (Lipinski definition) is 2. The summed E-state index contributed by atoms with van der Waals surface area (Å²) in [5.41, 5.74) is 0.632. The first kappa shape index (κ1) is 20.6. The molecule has 5 nitrogen and oxygen atoms in total. The lowest BCUT2D eigenvalue weighted by Crippen LogP contribution is -2.33. The van der Waals surface area contributed by atoms with Crippen LogP contribution in [-0.4, -0.2) is 20.4 Å². The van der Waals surface area contributed by atoms with Crippen molar-refractivity contribution in [1.82, 2.24) is 5.32 Å². The summed E-state index contributed by atoms with van der Waals surface area (Å²) >= 11 is 11.8. The van der Waals surface area contributed by atoms with E-state index in [2.05, 4.69) is 10.0 Å². The summed E-state index contributed by atoms with van der Waals surface area (Å²) in [7, 11) is -3.94. The largest absolute Gasteiger partial charge is 0.349 e. The summed E-state index contributed by atoms with van der Waals surface area (Å²) in [5.74, 6) is -0.250. The Morgan fingerprint density at radius 1 is 1.08 bits per heavy atom. The smallest absolute Gasteiger partial charge is 0.263 e. The van der Waals surface area contributed by atoms with Gasteiger partial charge in [-0.3, -0.25) is 9.52 Å². The number of nitrogens with one attached hydrogen (secondary N) is 2. The molecule has 8 heteroatoms. The summed E-state index contributed by atoms with van der Waals surface area (Å²) in [6.07, 6.45) is 1.64. The Hall–Kier alpha value is -1.76. The Morgan fingerprint density at radius 3 is 2.42 bits per heavy atom. The number of carbonyl (C=O) groups is 1. The van der Waals surface area contributed by atoms with Gasteiger partial charge in [0.25, 0.3) is 15.9 Å². The van der Waals surface area contributed by atoms with Gasteiger partial charge in [-0.2, -0.15) is 0 Å². The third kappa shape index (κ3) is 5.13. The molecule has 0 saturated heterocycles. The van der Waals surface area contributed by atoms with E-state index in [9.17, 15) is 13.2 Å². The van der Waals surface area contributed by atoms with Gasteiger partial charge in [-0.1, -0.05) is 43.1 Å². The van der Waals surface area contributed by atoms with Gasteiger partial charge in [-0.15, -0.1) is 0 Å². The zero-order chi connectivity index (χ0) is 19.3. The molecule has 1 amide bonds. The normalized spacial score (nSPS) is 11.4. The molecule has 0 spiro atoms. The topological polar surface area (TPSA) is 75.3 Å². The molecule has 0 fully saturated rings. The van der Waals surface area contributed by atoms with Gasteiger partial charge in [-0.25, -0.2) is 8.42 Å². The first-order valence-corrected chi connectivity index (χ1v) is 10.4. The minimum atomic E-state index is -3.94. The van der Waals surface area contributed by atoms with Crippen molar-refractivity contribution in [3.63, 3.8) is 0 Å². The molecule has 26 heavy (non-hydrogen) atoms. The molecule has 0 aliphatic carbocycles. The molecule has 2 N–H and O–H groups in total. The van der Waals surface area contributed by atoms with Crippen LogP contribution in [0, 0.1) is 0 Å². The fourth-order valence-corrected chi connectivity index (χ4v) is 4.19. The van der Waals surface area contributed by atoms with Crippen LogP contribution in [0.5, 0.6) is 0 Å². The van der Waals surface area contributed by atoms with Gasteiger partial charge >= 0.3 is 0 Å². The first-order chi connectivity index (χ1) is 12.3. The molecule has 0 aromatic heterocycles. The molecular weight excluding hydrogens is 395 g/mol. The molecule has 2 aromatic carbocycles. The van der Waals surface area contributed by atoms with Crippen molar-refractivity contribution < 1.29 is 13.2 Å². The van der Waals surface area contributed by atoms with E-state index in [0.717, 1.165) is 12.8 Å². The van der Waals surface area contributed by atoms with E-state index in [1.807, 2.05) is 13.8 Å². The molecule has 2 aromatic rings. The number of carbonyl (C=O) groups excluding carboxylic acids is 1. The van der Waals surface area contributed by atoms with E-state index in [1.54, 1.807) is 18.2 Å². The highest BCUT2D eigenvalue weighted by atomic mass is 35.5. The molecular formula is C18H20Cl2N2O3S. The Labute approximate surface area is 163 Å². The van der Waals surface area contributed by atoms with Crippen molar-refractivity contribution in [3.05, 3.63) is 58.1 Å². The Balaban J connectivity index is 2.25. The van der Waals surface area contributed by atoms with Crippen LogP contribution in [0.15, 0.2) is 47.4 Å². The average Bonchev–Trinajstić information content (AvgIpc) is 2.61. The first-order valence-electron chi connectivity index (χ1n) is 8.15. The van der Waals surface area contributed by atoms with E-state index in [4.69, 9.17) is 23.2 Å². The lowest BCUT2D eigenvalue weighted by molar-refractivity contribution is 0.0935. The van der Waals surface area contributed by atoms with Crippen LogP contribution in [0.25, 0.3) is 0 Å². The van der Waals surface area contributed by atoms with Crippen molar-refractivity contribution in [1.29, 1.82) is 0 Å². The lowest BCUT2D eigenvalue weighted by atomic mass is 10.1. The van der Waals surface area contributed by atoms with E-state index in [0.29, 0.717) is 5.56 Å². The second kappa shape index (κ2) is 8.75. The lowest BCUT2D eigenvalue weighted by Gasteiger charge is -2.15. The van der Waals surface area contributed by atoms with Crippen molar-refractivity contribution in [2.45, 2.75) is 37.6 Å². The van der Waals surface area contributed by atoms with Gasteiger partial charge in [0.1, 0.15) is 4.90 Å². The van der Waals surface area contributed by atoms with Crippen LogP contribution in [0.2, 0.25) is 10.0 Å². The minimum absolute atomic E-state index is 0.0598. The molecule has 0 bridgehead atoms. The van der Waals surface area contributed by atoms with Gasteiger partial charge in [0, 0.05) is 22.3 Å². The SMILES string of the molecule is CCC(CC)NC(=O)c1cccc(NS(=O)(=O)c2cc(Cl)ccc2Cl)c1. The zero-order valence-electron chi connectivity index (χ0n) is 14.4. The number of sulfonamides is 1. The average molecular weight is 415 g/mol. The number of rotatable bonds is 7.